The van der Waals surface area contributed by atoms with Crippen LogP contribution in [0.5, 0.6) is 0 Å². The van der Waals surface area contributed by atoms with Gasteiger partial charge in [0.1, 0.15) is 5.01 Å². The van der Waals surface area contributed by atoms with Crippen LogP contribution in [0, 0.1) is 0 Å². The van der Waals surface area contributed by atoms with Crippen molar-refractivity contribution >= 4 is 28.8 Å². The summed E-state index contributed by atoms with van der Waals surface area (Å²) in [5, 5.41) is 8.42. The third-order valence-corrected chi connectivity index (χ3v) is 3.80. The molecule has 0 unspecified atom stereocenters. The lowest BCUT2D eigenvalue weighted by Gasteiger charge is -2.20. The standard InChI is InChI=1S/C17H21N3O2S/c1-11(21)18-13-7-5-12(6-8-13)16-19-14(10-23-16)9-15(22)20-17(2,3)4/h5-8,10H,9H2,1-4H3,(H,18,21)(H,20,22). The second kappa shape index (κ2) is 6.91. The lowest BCUT2D eigenvalue weighted by molar-refractivity contribution is -0.121. The number of hydrogen-bond donors (Lipinski definition) is 2. The van der Waals surface area contributed by atoms with Gasteiger partial charge in [0.15, 0.2) is 0 Å². The zero-order valence-electron chi connectivity index (χ0n) is 13.8. The van der Waals surface area contributed by atoms with Crippen LogP contribution >= 0.6 is 11.3 Å². The summed E-state index contributed by atoms with van der Waals surface area (Å²) >= 11 is 1.50. The molecule has 5 nitrogen and oxygen atoms in total. The average molecular weight is 331 g/mol. The predicted molar refractivity (Wildman–Crippen MR) is 93.5 cm³/mol. The maximum absolute atomic E-state index is 11.9. The summed E-state index contributed by atoms with van der Waals surface area (Å²) in [6, 6.07) is 7.49. The summed E-state index contributed by atoms with van der Waals surface area (Å²) in [5.74, 6) is -0.130. The highest BCUT2D eigenvalue weighted by atomic mass is 32.1. The Kier molecular flexibility index (Phi) is 5.15. The second-order valence-electron chi connectivity index (χ2n) is 6.38. The molecule has 0 radical (unpaired) electrons. The lowest BCUT2D eigenvalue weighted by atomic mass is 10.1. The van der Waals surface area contributed by atoms with Gasteiger partial charge in [-0.3, -0.25) is 9.59 Å². The first-order valence-electron chi connectivity index (χ1n) is 7.36. The highest BCUT2D eigenvalue weighted by Gasteiger charge is 2.15. The first-order valence-corrected chi connectivity index (χ1v) is 8.24. The normalized spacial score (nSPS) is 11.1. The molecule has 1 aromatic heterocycles. The van der Waals surface area contributed by atoms with Crippen LogP contribution in [0.4, 0.5) is 5.69 Å². The molecule has 0 aliphatic heterocycles. The van der Waals surface area contributed by atoms with Crippen LogP contribution in [0.2, 0.25) is 0 Å². The molecule has 1 aromatic carbocycles. The van der Waals surface area contributed by atoms with E-state index in [1.54, 1.807) is 0 Å². The van der Waals surface area contributed by atoms with Gasteiger partial charge < -0.3 is 10.6 Å². The van der Waals surface area contributed by atoms with Crippen molar-refractivity contribution in [1.82, 2.24) is 10.3 Å². The van der Waals surface area contributed by atoms with Gasteiger partial charge in [0, 0.05) is 29.1 Å². The molecule has 0 spiro atoms. The van der Waals surface area contributed by atoms with Crippen molar-refractivity contribution in [1.29, 1.82) is 0 Å². The summed E-state index contributed by atoms with van der Waals surface area (Å²) in [5.41, 5.74) is 2.24. The lowest BCUT2D eigenvalue weighted by Crippen LogP contribution is -2.41. The fourth-order valence-corrected chi connectivity index (χ4v) is 2.87. The van der Waals surface area contributed by atoms with Crippen molar-refractivity contribution in [2.45, 2.75) is 39.7 Å². The average Bonchev–Trinajstić information content (AvgIpc) is 2.85. The van der Waals surface area contributed by atoms with Gasteiger partial charge in [-0.15, -0.1) is 11.3 Å². The van der Waals surface area contributed by atoms with E-state index in [9.17, 15) is 9.59 Å². The maximum atomic E-state index is 11.9. The molecule has 0 atom stereocenters. The van der Waals surface area contributed by atoms with Crippen LogP contribution < -0.4 is 10.6 Å². The Morgan fingerprint density at radius 2 is 1.83 bits per heavy atom. The Hall–Kier alpha value is -2.21. The van der Waals surface area contributed by atoms with Gasteiger partial charge in [0.2, 0.25) is 11.8 Å². The first-order chi connectivity index (χ1) is 10.7. The smallest absolute Gasteiger partial charge is 0.226 e. The maximum Gasteiger partial charge on any atom is 0.226 e. The van der Waals surface area contributed by atoms with Crippen molar-refractivity contribution in [2.24, 2.45) is 0 Å². The molecule has 1 heterocycles. The summed E-state index contributed by atoms with van der Waals surface area (Å²) in [7, 11) is 0. The summed E-state index contributed by atoms with van der Waals surface area (Å²) in [6.07, 6.45) is 0.276. The number of hydrogen-bond acceptors (Lipinski definition) is 4. The number of carbonyl (C=O) groups is 2. The molecule has 6 heteroatoms. The number of nitrogens with one attached hydrogen (secondary N) is 2. The van der Waals surface area contributed by atoms with E-state index in [-0.39, 0.29) is 23.8 Å². The Morgan fingerprint density at radius 3 is 2.39 bits per heavy atom. The Bertz CT molecular complexity index is 699. The van der Waals surface area contributed by atoms with Crippen LogP contribution in [0.15, 0.2) is 29.6 Å². The minimum Gasteiger partial charge on any atom is -0.351 e. The van der Waals surface area contributed by atoms with Crippen LogP contribution in [-0.4, -0.2) is 22.3 Å². The Labute approximate surface area is 140 Å². The molecule has 0 aliphatic carbocycles. The molecule has 23 heavy (non-hydrogen) atoms. The molecular weight excluding hydrogens is 310 g/mol. The third kappa shape index (κ3) is 5.49. The Balaban J connectivity index is 2.04. The highest BCUT2D eigenvalue weighted by Crippen LogP contribution is 2.25. The number of rotatable bonds is 4. The Morgan fingerprint density at radius 1 is 1.17 bits per heavy atom. The molecule has 0 saturated heterocycles. The zero-order valence-corrected chi connectivity index (χ0v) is 14.6. The molecule has 122 valence electrons. The van der Waals surface area contributed by atoms with Crippen LogP contribution in [-0.2, 0) is 16.0 Å². The number of carbonyl (C=O) groups excluding carboxylic acids is 2. The van der Waals surface area contributed by atoms with Gasteiger partial charge in [-0.25, -0.2) is 4.98 Å². The van der Waals surface area contributed by atoms with Crippen LogP contribution in [0.25, 0.3) is 10.6 Å². The van der Waals surface area contributed by atoms with Crippen molar-refractivity contribution < 1.29 is 9.59 Å². The van der Waals surface area contributed by atoms with E-state index in [1.165, 1.54) is 18.3 Å². The van der Waals surface area contributed by atoms with E-state index < -0.39 is 0 Å². The quantitative estimate of drug-likeness (QED) is 0.903. The number of thiazole rings is 1. The van der Waals surface area contributed by atoms with Gasteiger partial charge in [0.25, 0.3) is 0 Å². The fraction of sp³-hybridized carbons (Fsp3) is 0.353. The van der Waals surface area contributed by atoms with Crippen molar-refractivity contribution in [3.63, 3.8) is 0 Å². The second-order valence-corrected chi connectivity index (χ2v) is 7.24. The molecule has 2 N–H and O–H groups in total. The molecule has 2 aromatic rings. The van der Waals surface area contributed by atoms with E-state index in [4.69, 9.17) is 0 Å². The molecule has 0 bridgehead atoms. The monoisotopic (exact) mass is 331 g/mol. The topological polar surface area (TPSA) is 71.1 Å². The number of anilines is 1. The minimum absolute atomic E-state index is 0.0321. The molecule has 0 aliphatic rings. The summed E-state index contributed by atoms with van der Waals surface area (Å²) in [6.45, 7) is 7.33. The van der Waals surface area contributed by atoms with Crippen molar-refractivity contribution in [3.05, 3.63) is 35.3 Å². The van der Waals surface area contributed by atoms with Crippen LogP contribution in [0.1, 0.15) is 33.4 Å². The third-order valence-electron chi connectivity index (χ3n) is 2.86. The number of amides is 2. The number of benzene rings is 1. The summed E-state index contributed by atoms with van der Waals surface area (Å²) in [4.78, 5) is 27.5. The van der Waals surface area contributed by atoms with E-state index in [2.05, 4.69) is 15.6 Å². The van der Waals surface area contributed by atoms with Gasteiger partial charge in [-0.2, -0.15) is 0 Å². The molecule has 0 saturated carbocycles. The SMILES string of the molecule is CC(=O)Nc1ccc(-c2nc(CC(=O)NC(C)(C)C)cs2)cc1. The fourth-order valence-electron chi connectivity index (χ4n) is 2.05. The van der Waals surface area contributed by atoms with Gasteiger partial charge >= 0.3 is 0 Å². The van der Waals surface area contributed by atoms with Gasteiger partial charge in [-0.1, -0.05) is 0 Å². The van der Waals surface area contributed by atoms with Gasteiger partial charge in [-0.05, 0) is 45.0 Å². The first kappa shape index (κ1) is 17.1. The molecular formula is C17H21N3O2S. The van der Waals surface area contributed by atoms with E-state index in [0.29, 0.717) is 0 Å². The highest BCUT2D eigenvalue weighted by molar-refractivity contribution is 7.13. The van der Waals surface area contributed by atoms with E-state index >= 15 is 0 Å². The van der Waals surface area contributed by atoms with Crippen LogP contribution in [0.3, 0.4) is 0 Å². The van der Waals surface area contributed by atoms with E-state index in [0.717, 1.165) is 22.0 Å². The van der Waals surface area contributed by atoms with Crippen molar-refractivity contribution in [3.8, 4) is 10.6 Å². The summed E-state index contributed by atoms with van der Waals surface area (Å²) < 4.78 is 0. The minimum atomic E-state index is -0.241. The van der Waals surface area contributed by atoms with Gasteiger partial charge in [0.05, 0.1) is 12.1 Å². The molecule has 0 fully saturated rings. The predicted octanol–water partition coefficient (Wildman–Crippen LogP) is 3.23. The van der Waals surface area contributed by atoms with E-state index in [1.807, 2.05) is 50.4 Å². The zero-order chi connectivity index (χ0) is 17.0. The number of nitrogens with zero attached hydrogens (tertiary/aromatic N) is 1. The molecule has 2 rings (SSSR count). The molecule has 2 amide bonds. The van der Waals surface area contributed by atoms with Crippen molar-refractivity contribution in [2.75, 3.05) is 5.32 Å². The largest absolute Gasteiger partial charge is 0.351 e. The number of aromatic nitrogens is 1.